The van der Waals surface area contributed by atoms with Crippen molar-refractivity contribution in [2.24, 2.45) is 0 Å². The van der Waals surface area contributed by atoms with Crippen molar-refractivity contribution in [2.75, 3.05) is 0 Å². The summed E-state index contributed by atoms with van der Waals surface area (Å²) in [5, 5.41) is 0. The van der Waals surface area contributed by atoms with E-state index in [0.29, 0.717) is 0 Å². The van der Waals surface area contributed by atoms with Crippen molar-refractivity contribution in [2.45, 2.75) is 40.8 Å². The third kappa shape index (κ3) is 8.66. The largest absolute Gasteiger partial charge is 2.00 e. The fraction of sp³-hybridized carbons (Fsp3) is 0.375. The van der Waals surface area contributed by atoms with E-state index in [2.05, 4.69) is 77.2 Å². The van der Waals surface area contributed by atoms with E-state index in [-0.39, 0.29) is 21.1 Å². The Morgan fingerprint density at radius 3 is 1.11 bits per heavy atom. The van der Waals surface area contributed by atoms with Gasteiger partial charge in [-0.3, -0.25) is 0 Å². The third-order valence-electron chi connectivity index (χ3n) is 2.63. The van der Waals surface area contributed by atoms with Crippen molar-refractivity contribution in [1.82, 2.24) is 0 Å². The van der Waals surface area contributed by atoms with Gasteiger partial charge in [0.05, 0.1) is 0 Å². The van der Waals surface area contributed by atoms with E-state index in [1.807, 2.05) is 0 Å². The molecule has 0 bridgehead atoms. The maximum Gasteiger partial charge on any atom is 2.00 e. The smallest absolute Gasteiger partial charge is 0.211 e. The molecule has 0 amide bonds. The Bertz CT molecular complexity index is 327. The first kappa shape index (κ1) is 19.9. The van der Waals surface area contributed by atoms with Crippen LogP contribution in [0.15, 0.2) is 36.4 Å². The summed E-state index contributed by atoms with van der Waals surface area (Å²) in [6, 6.07) is 12.6. The van der Waals surface area contributed by atoms with Gasteiger partial charge in [0.25, 0.3) is 0 Å². The van der Waals surface area contributed by atoms with Crippen LogP contribution in [0.25, 0.3) is 0 Å². The molecule has 0 saturated heterocycles. The molecular weight excluding hydrogens is 316 g/mol. The molecule has 2 aromatic rings. The summed E-state index contributed by atoms with van der Waals surface area (Å²) in [5.74, 6) is 0. The Balaban J connectivity index is 0. The minimum atomic E-state index is 0. The average Bonchev–Trinajstić information content (AvgIpc) is 2.81. The predicted octanol–water partition coefficient (Wildman–Crippen LogP) is 4.56. The molecule has 2 aromatic carbocycles. The molecule has 0 aliphatic carbocycles. The summed E-state index contributed by atoms with van der Waals surface area (Å²) in [7, 11) is 0.750. The predicted molar refractivity (Wildman–Crippen MR) is 81.9 cm³/mol. The van der Waals surface area contributed by atoms with Gasteiger partial charge in [-0.15, -0.1) is 0 Å². The van der Waals surface area contributed by atoms with E-state index < -0.39 is 0 Å². The van der Waals surface area contributed by atoms with Gasteiger partial charge in [0, 0.05) is 9.52 Å². The zero-order chi connectivity index (χ0) is 13.3. The quantitative estimate of drug-likeness (QED) is 0.487. The SMILES string of the molecule is C[SiH]C.Cc1cc[cH-]c1C.Cc1cc[cH-]c1C.[Mo+2]. The van der Waals surface area contributed by atoms with Gasteiger partial charge in [-0.1, -0.05) is 40.8 Å². The normalized spacial score (nSPS) is 8.33. The van der Waals surface area contributed by atoms with Crippen molar-refractivity contribution in [3.63, 3.8) is 0 Å². The van der Waals surface area contributed by atoms with Crippen molar-refractivity contribution in [3.05, 3.63) is 58.7 Å². The van der Waals surface area contributed by atoms with Gasteiger partial charge in [0.15, 0.2) is 0 Å². The van der Waals surface area contributed by atoms with Crippen LogP contribution in [0.5, 0.6) is 0 Å². The molecular formula is C16H25MoSi. The molecule has 0 N–H and O–H groups in total. The summed E-state index contributed by atoms with van der Waals surface area (Å²) in [6.45, 7) is 12.9. The zero-order valence-electron chi connectivity index (χ0n) is 12.4. The van der Waals surface area contributed by atoms with Gasteiger partial charge in [-0.2, -0.15) is 46.5 Å². The Kier molecular flexibility index (Phi) is 12.9. The van der Waals surface area contributed by atoms with Crippen LogP contribution in [-0.4, -0.2) is 9.52 Å². The summed E-state index contributed by atoms with van der Waals surface area (Å²) in [4.78, 5) is 0. The summed E-state index contributed by atoms with van der Waals surface area (Å²) < 4.78 is 0. The van der Waals surface area contributed by atoms with Gasteiger partial charge in [0.2, 0.25) is 0 Å². The van der Waals surface area contributed by atoms with E-state index in [1.54, 1.807) is 0 Å². The minimum Gasteiger partial charge on any atom is -0.211 e. The molecule has 0 aromatic heterocycles. The minimum absolute atomic E-state index is 0. The topological polar surface area (TPSA) is 0 Å². The van der Waals surface area contributed by atoms with Crippen LogP contribution in [0.2, 0.25) is 13.1 Å². The van der Waals surface area contributed by atoms with Crippen LogP contribution in [0.1, 0.15) is 22.3 Å². The zero-order valence-corrected chi connectivity index (χ0v) is 15.6. The van der Waals surface area contributed by atoms with Crippen molar-refractivity contribution in [1.29, 1.82) is 0 Å². The van der Waals surface area contributed by atoms with Crippen LogP contribution in [0.3, 0.4) is 0 Å². The fourth-order valence-electron chi connectivity index (χ4n) is 1.20. The van der Waals surface area contributed by atoms with Crippen LogP contribution in [0.4, 0.5) is 0 Å². The summed E-state index contributed by atoms with van der Waals surface area (Å²) >= 11 is 0. The Labute approximate surface area is 130 Å². The van der Waals surface area contributed by atoms with Crippen LogP contribution < -0.4 is 0 Å². The first-order valence-electron chi connectivity index (χ1n) is 6.14. The van der Waals surface area contributed by atoms with Crippen LogP contribution >= 0.6 is 0 Å². The average molecular weight is 341 g/mol. The fourth-order valence-corrected chi connectivity index (χ4v) is 1.20. The summed E-state index contributed by atoms with van der Waals surface area (Å²) in [6.07, 6.45) is 0. The van der Waals surface area contributed by atoms with E-state index >= 15 is 0 Å². The number of hydrogen-bond acceptors (Lipinski definition) is 0. The molecule has 0 atom stereocenters. The molecule has 0 spiro atoms. The molecule has 2 heteroatoms. The molecule has 0 saturated carbocycles. The monoisotopic (exact) mass is 343 g/mol. The number of hydrogen-bond donors (Lipinski definition) is 0. The second kappa shape index (κ2) is 11.7. The van der Waals surface area contributed by atoms with Crippen molar-refractivity contribution < 1.29 is 21.1 Å². The standard InChI is InChI=1S/2C7H9.C2H7Si.Mo/c2*1-6-4-3-5-7(6)2;1-3-2;/h2*3-5H,1-2H3;3H,1-2H3;/q2*-1;;+2. The molecule has 0 heterocycles. The summed E-state index contributed by atoms with van der Waals surface area (Å²) in [5.41, 5.74) is 5.56. The van der Waals surface area contributed by atoms with Crippen LogP contribution in [0, 0.1) is 27.7 Å². The van der Waals surface area contributed by atoms with E-state index in [9.17, 15) is 0 Å². The molecule has 1 radical (unpaired) electrons. The van der Waals surface area contributed by atoms with Gasteiger partial charge in [0.1, 0.15) is 0 Å². The molecule has 0 unspecified atom stereocenters. The van der Waals surface area contributed by atoms with Gasteiger partial charge in [-0.25, -0.2) is 12.1 Å². The van der Waals surface area contributed by atoms with E-state index in [4.69, 9.17) is 0 Å². The van der Waals surface area contributed by atoms with Crippen molar-refractivity contribution in [3.8, 4) is 0 Å². The van der Waals surface area contributed by atoms with E-state index in [0.717, 1.165) is 9.52 Å². The number of rotatable bonds is 0. The molecule has 0 aliphatic rings. The number of aryl methyl sites for hydroxylation is 4. The third-order valence-corrected chi connectivity index (χ3v) is 2.63. The van der Waals surface area contributed by atoms with Crippen LogP contribution in [-0.2, 0) is 21.1 Å². The maximum atomic E-state index is 2.21. The molecule has 99 valence electrons. The van der Waals surface area contributed by atoms with Gasteiger partial charge in [-0.05, 0) is 0 Å². The molecule has 0 nitrogen and oxygen atoms in total. The van der Waals surface area contributed by atoms with E-state index in [1.165, 1.54) is 22.3 Å². The van der Waals surface area contributed by atoms with Gasteiger partial charge < -0.3 is 0 Å². The molecule has 2 rings (SSSR count). The second-order valence-corrected chi connectivity index (χ2v) is 5.52. The van der Waals surface area contributed by atoms with Gasteiger partial charge >= 0.3 is 21.1 Å². The van der Waals surface area contributed by atoms with Crippen molar-refractivity contribution >= 4 is 9.52 Å². The maximum absolute atomic E-state index is 2.21. The first-order chi connectivity index (χ1) is 8.02. The molecule has 18 heavy (non-hydrogen) atoms. The Hall–Kier alpha value is -0.395. The molecule has 0 fully saturated rings. The second-order valence-electron chi connectivity index (χ2n) is 4.36. The molecule has 0 aliphatic heterocycles. The Morgan fingerprint density at radius 1 is 0.778 bits per heavy atom. The Morgan fingerprint density at radius 2 is 1.06 bits per heavy atom. The first-order valence-corrected chi connectivity index (χ1v) is 8.45.